The van der Waals surface area contributed by atoms with Crippen LogP contribution in [-0.4, -0.2) is 24.4 Å². The molecule has 19 heavy (non-hydrogen) atoms. The van der Waals surface area contributed by atoms with Gasteiger partial charge in [0.25, 0.3) is 0 Å². The molecule has 0 fully saturated rings. The highest BCUT2D eigenvalue weighted by atomic mass is 79.9. The van der Waals surface area contributed by atoms with E-state index in [4.69, 9.17) is 5.73 Å². The molecule has 0 saturated heterocycles. The number of halogens is 1. The van der Waals surface area contributed by atoms with Crippen molar-refractivity contribution in [3.63, 3.8) is 0 Å². The van der Waals surface area contributed by atoms with E-state index < -0.39 is 11.9 Å². The van der Waals surface area contributed by atoms with Crippen molar-refractivity contribution in [3.05, 3.63) is 28.7 Å². The molecule has 1 rings (SSSR count). The molecule has 1 aromatic carbocycles. The summed E-state index contributed by atoms with van der Waals surface area (Å²) in [5, 5.41) is 5.58. The number of primary amides is 1. The van der Waals surface area contributed by atoms with Gasteiger partial charge in [0.2, 0.25) is 11.8 Å². The lowest BCUT2D eigenvalue weighted by Gasteiger charge is -2.18. The fourth-order valence-corrected chi connectivity index (χ4v) is 1.87. The maximum absolute atomic E-state index is 11.7. The molecule has 1 atom stereocenters. The smallest absolute Gasteiger partial charge is 0.238 e. The van der Waals surface area contributed by atoms with Crippen molar-refractivity contribution in [2.75, 3.05) is 11.9 Å². The summed E-state index contributed by atoms with van der Waals surface area (Å²) in [4.78, 5) is 22.9. The Morgan fingerprint density at radius 1 is 1.26 bits per heavy atom. The Labute approximate surface area is 121 Å². The minimum absolute atomic E-state index is 0.0398. The van der Waals surface area contributed by atoms with Gasteiger partial charge in [-0.1, -0.05) is 29.8 Å². The van der Waals surface area contributed by atoms with Crippen LogP contribution in [0.4, 0.5) is 5.69 Å². The van der Waals surface area contributed by atoms with Crippen LogP contribution in [0.25, 0.3) is 0 Å². The fraction of sp³-hybridized carbons (Fsp3) is 0.385. The van der Waals surface area contributed by atoms with Crippen molar-refractivity contribution >= 4 is 33.4 Å². The number of nitrogens with two attached hydrogens (primary N) is 1. The number of hydrogen-bond donors (Lipinski definition) is 3. The van der Waals surface area contributed by atoms with Gasteiger partial charge in [0.15, 0.2) is 0 Å². The van der Waals surface area contributed by atoms with E-state index in [0.717, 1.165) is 4.47 Å². The van der Waals surface area contributed by atoms with E-state index in [2.05, 4.69) is 26.6 Å². The molecule has 0 radical (unpaired) electrons. The monoisotopic (exact) mass is 327 g/mol. The Morgan fingerprint density at radius 3 is 2.32 bits per heavy atom. The van der Waals surface area contributed by atoms with E-state index in [-0.39, 0.29) is 18.4 Å². The first-order valence-corrected chi connectivity index (χ1v) is 6.77. The van der Waals surface area contributed by atoms with Gasteiger partial charge in [-0.3, -0.25) is 14.9 Å². The SMILES string of the molecule is CC(C)C(NCC(=O)Nc1ccc(Br)cc1)C(N)=O. The van der Waals surface area contributed by atoms with Gasteiger partial charge in [-0.2, -0.15) is 0 Å². The molecule has 1 aromatic rings. The molecule has 4 N–H and O–H groups in total. The molecular formula is C13H18BrN3O2. The second-order valence-corrected chi connectivity index (χ2v) is 5.48. The zero-order chi connectivity index (χ0) is 14.4. The second kappa shape index (κ2) is 7.25. The third kappa shape index (κ3) is 5.40. The van der Waals surface area contributed by atoms with Gasteiger partial charge < -0.3 is 11.1 Å². The van der Waals surface area contributed by atoms with Gasteiger partial charge in [-0.15, -0.1) is 0 Å². The van der Waals surface area contributed by atoms with Gasteiger partial charge >= 0.3 is 0 Å². The second-order valence-electron chi connectivity index (χ2n) is 4.56. The molecule has 0 aliphatic rings. The third-order valence-electron chi connectivity index (χ3n) is 2.58. The van der Waals surface area contributed by atoms with Crippen molar-refractivity contribution in [1.82, 2.24) is 5.32 Å². The van der Waals surface area contributed by atoms with Crippen LogP contribution in [0, 0.1) is 5.92 Å². The number of benzene rings is 1. The summed E-state index contributed by atoms with van der Waals surface area (Å²) in [5.74, 6) is -0.626. The lowest BCUT2D eigenvalue weighted by molar-refractivity contribution is -0.121. The van der Waals surface area contributed by atoms with Crippen LogP contribution in [0.3, 0.4) is 0 Å². The predicted molar refractivity (Wildman–Crippen MR) is 78.6 cm³/mol. The maximum Gasteiger partial charge on any atom is 0.238 e. The van der Waals surface area contributed by atoms with Crippen LogP contribution in [0.2, 0.25) is 0 Å². The highest BCUT2D eigenvalue weighted by molar-refractivity contribution is 9.10. The first kappa shape index (κ1) is 15.7. The van der Waals surface area contributed by atoms with Crippen molar-refractivity contribution in [1.29, 1.82) is 0 Å². The molecule has 1 unspecified atom stereocenters. The molecule has 104 valence electrons. The molecule has 0 bridgehead atoms. The lowest BCUT2D eigenvalue weighted by atomic mass is 10.0. The first-order valence-electron chi connectivity index (χ1n) is 5.98. The van der Waals surface area contributed by atoms with Crippen LogP contribution in [0.15, 0.2) is 28.7 Å². The van der Waals surface area contributed by atoms with Crippen LogP contribution < -0.4 is 16.4 Å². The summed E-state index contributed by atoms with van der Waals surface area (Å²) >= 11 is 3.32. The Morgan fingerprint density at radius 2 is 1.84 bits per heavy atom. The van der Waals surface area contributed by atoms with E-state index in [0.29, 0.717) is 5.69 Å². The Kier molecular flexibility index (Phi) is 5.98. The third-order valence-corrected chi connectivity index (χ3v) is 3.11. The van der Waals surface area contributed by atoms with Gasteiger partial charge in [-0.05, 0) is 30.2 Å². The van der Waals surface area contributed by atoms with E-state index in [1.165, 1.54) is 0 Å². The normalized spacial score (nSPS) is 12.2. The zero-order valence-corrected chi connectivity index (χ0v) is 12.5. The average Bonchev–Trinajstić information content (AvgIpc) is 2.31. The van der Waals surface area contributed by atoms with E-state index in [9.17, 15) is 9.59 Å². The van der Waals surface area contributed by atoms with Crippen LogP contribution >= 0.6 is 15.9 Å². The molecule has 6 heteroatoms. The zero-order valence-electron chi connectivity index (χ0n) is 10.9. The minimum atomic E-state index is -0.504. The topological polar surface area (TPSA) is 84.2 Å². The van der Waals surface area contributed by atoms with Gasteiger partial charge in [0.05, 0.1) is 12.6 Å². The summed E-state index contributed by atoms with van der Waals surface area (Å²) in [6.45, 7) is 3.78. The first-order chi connectivity index (χ1) is 8.90. The van der Waals surface area contributed by atoms with E-state index in [1.54, 1.807) is 12.1 Å². The van der Waals surface area contributed by atoms with Crippen molar-refractivity contribution in [2.24, 2.45) is 11.7 Å². The van der Waals surface area contributed by atoms with Gasteiger partial charge in [0, 0.05) is 10.2 Å². The summed E-state index contributed by atoms with van der Waals surface area (Å²) in [6.07, 6.45) is 0. The Bertz CT molecular complexity index is 446. The largest absolute Gasteiger partial charge is 0.368 e. The number of anilines is 1. The number of carbonyl (C=O) groups excluding carboxylic acids is 2. The number of rotatable bonds is 6. The summed E-state index contributed by atoms with van der Waals surface area (Å²) in [7, 11) is 0. The molecule has 0 saturated carbocycles. The molecule has 0 aliphatic carbocycles. The standard InChI is InChI=1S/C13H18BrN3O2/c1-8(2)12(13(15)19)16-7-11(18)17-10-5-3-9(14)4-6-10/h3-6,8,12,16H,7H2,1-2H3,(H2,15,19)(H,17,18). The number of nitrogens with one attached hydrogen (secondary N) is 2. The summed E-state index contributed by atoms with van der Waals surface area (Å²) in [5.41, 5.74) is 5.96. The van der Waals surface area contributed by atoms with Gasteiger partial charge in [0.1, 0.15) is 0 Å². The maximum atomic E-state index is 11.7. The van der Waals surface area contributed by atoms with E-state index >= 15 is 0 Å². The van der Waals surface area contributed by atoms with Gasteiger partial charge in [-0.25, -0.2) is 0 Å². The van der Waals surface area contributed by atoms with Crippen molar-refractivity contribution in [3.8, 4) is 0 Å². The fourth-order valence-electron chi connectivity index (χ4n) is 1.61. The molecular weight excluding hydrogens is 310 g/mol. The molecule has 0 aromatic heterocycles. The highest BCUT2D eigenvalue weighted by Gasteiger charge is 2.19. The molecule has 2 amide bonds. The predicted octanol–water partition coefficient (Wildman–Crippen LogP) is 1.49. The van der Waals surface area contributed by atoms with Crippen LogP contribution in [-0.2, 0) is 9.59 Å². The Balaban J connectivity index is 2.47. The van der Waals surface area contributed by atoms with Crippen LogP contribution in [0.5, 0.6) is 0 Å². The number of hydrogen-bond acceptors (Lipinski definition) is 3. The lowest BCUT2D eigenvalue weighted by Crippen LogP contribution is -2.47. The molecule has 0 aliphatic heterocycles. The number of amides is 2. The van der Waals surface area contributed by atoms with Crippen molar-refractivity contribution < 1.29 is 9.59 Å². The molecule has 0 spiro atoms. The van der Waals surface area contributed by atoms with Crippen molar-refractivity contribution in [2.45, 2.75) is 19.9 Å². The number of carbonyl (C=O) groups is 2. The summed E-state index contributed by atoms with van der Waals surface area (Å²) < 4.78 is 0.942. The van der Waals surface area contributed by atoms with E-state index in [1.807, 2.05) is 26.0 Å². The highest BCUT2D eigenvalue weighted by Crippen LogP contribution is 2.13. The quantitative estimate of drug-likeness (QED) is 0.740. The Hall–Kier alpha value is -1.40. The molecule has 0 heterocycles. The molecule has 5 nitrogen and oxygen atoms in total. The average molecular weight is 328 g/mol. The van der Waals surface area contributed by atoms with Crippen LogP contribution in [0.1, 0.15) is 13.8 Å². The minimum Gasteiger partial charge on any atom is -0.368 e. The summed E-state index contributed by atoms with van der Waals surface area (Å²) in [6, 6.07) is 6.74.